The lowest BCUT2D eigenvalue weighted by atomic mass is 9.98. The van der Waals surface area contributed by atoms with Gasteiger partial charge in [-0.1, -0.05) is 6.07 Å². The molecule has 2 heterocycles. The fourth-order valence-corrected chi connectivity index (χ4v) is 4.02. The number of hydrogen-bond acceptors (Lipinski definition) is 6. The molecule has 1 atom stereocenters. The number of nitrogens with zero attached hydrogens (tertiary/aromatic N) is 2. The predicted octanol–water partition coefficient (Wildman–Crippen LogP) is 4.09. The van der Waals surface area contributed by atoms with Gasteiger partial charge in [-0.25, -0.2) is 0 Å². The highest BCUT2D eigenvalue weighted by Crippen LogP contribution is 2.39. The van der Waals surface area contributed by atoms with E-state index >= 15 is 0 Å². The number of aromatic nitrogens is 1. The van der Waals surface area contributed by atoms with Gasteiger partial charge in [0.15, 0.2) is 0 Å². The van der Waals surface area contributed by atoms with E-state index in [0.29, 0.717) is 41.1 Å². The molecule has 1 amide bonds. The molecule has 8 heteroatoms. The lowest BCUT2D eigenvalue weighted by molar-refractivity contribution is -0.140. The van der Waals surface area contributed by atoms with Crippen LogP contribution in [0, 0.1) is 0 Å². The molecule has 1 fully saturated rings. The van der Waals surface area contributed by atoms with E-state index in [1.165, 1.54) is 12.0 Å². The number of aliphatic hydroxyl groups is 1. The molecule has 0 radical (unpaired) electrons. The van der Waals surface area contributed by atoms with Gasteiger partial charge in [-0.05, 0) is 66.5 Å². The van der Waals surface area contributed by atoms with E-state index in [0.717, 1.165) is 0 Å². The first-order valence-electron chi connectivity index (χ1n) is 10.00. The number of hydrogen-bond donors (Lipinski definition) is 1. The Morgan fingerprint density at radius 3 is 2.65 bits per heavy atom. The van der Waals surface area contributed by atoms with Crippen LogP contribution in [0.2, 0.25) is 0 Å². The van der Waals surface area contributed by atoms with Crippen LogP contribution in [0.1, 0.15) is 37.6 Å². The zero-order valence-electron chi connectivity index (χ0n) is 17.7. The highest BCUT2D eigenvalue weighted by atomic mass is 79.9. The van der Waals surface area contributed by atoms with Gasteiger partial charge in [0.2, 0.25) is 0 Å². The number of carbonyl (C=O) groups excluding carboxylic acids is 2. The number of aliphatic hydroxyl groups excluding tert-OH is 1. The number of amides is 1. The zero-order chi connectivity index (χ0) is 22.5. The van der Waals surface area contributed by atoms with Crippen molar-refractivity contribution >= 4 is 33.4 Å². The molecule has 1 aliphatic heterocycles. The summed E-state index contributed by atoms with van der Waals surface area (Å²) < 4.78 is 11.4. The van der Waals surface area contributed by atoms with Crippen molar-refractivity contribution in [3.63, 3.8) is 0 Å². The molecular formula is C23H25BrN2O5. The second kappa shape index (κ2) is 10.1. The standard InChI is InChI=1S/C23H25BrN2O5/c1-14(2)31-12-6-11-26-20(17-7-4-5-10-25-17)19(22(28)23(26)29)21(27)15-8-9-18(30-3)16(24)13-15/h4-5,7-10,13-14,20,27H,6,11-12H2,1-3H3/b21-19-. The van der Waals surface area contributed by atoms with Crippen LogP contribution >= 0.6 is 15.9 Å². The number of pyridine rings is 1. The third-order valence-corrected chi connectivity index (χ3v) is 5.55. The molecule has 3 rings (SSSR count). The number of halogens is 1. The van der Waals surface area contributed by atoms with Crippen molar-refractivity contribution in [3.05, 3.63) is 63.9 Å². The summed E-state index contributed by atoms with van der Waals surface area (Å²) in [5, 5.41) is 11.1. The van der Waals surface area contributed by atoms with E-state index in [-0.39, 0.29) is 17.4 Å². The minimum absolute atomic E-state index is 0.0190. The van der Waals surface area contributed by atoms with Crippen molar-refractivity contribution in [3.8, 4) is 5.75 Å². The Balaban J connectivity index is 2.02. The van der Waals surface area contributed by atoms with E-state index in [2.05, 4.69) is 20.9 Å². The van der Waals surface area contributed by atoms with E-state index in [4.69, 9.17) is 9.47 Å². The lowest BCUT2D eigenvalue weighted by Crippen LogP contribution is -2.31. The molecule has 164 valence electrons. The number of methoxy groups -OCH3 is 1. The number of carbonyl (C=O) groups is 2. The molecule has 1 aromatic carbocycles. The average Bonchev–Trinajstić information content (AvgIpc) is 3.01. The number of ketones is 1. The van der Waals surface area contributed by atoms with Gasteiger partial charge in [0.05, 0.1) is 29.0 Å². The van der Waals surface area contributed by atoms with Gasteiger partial charge >= 0.3 is 0 Å². The number of rotatable bonds is 8. The van der Waals surface area contributed by atoms with E-state index in [1.54, 1.807) is 42.6 Å². The minimum Gasteiger partial charge on any atom is -0.507 e. The van der Waals surface area contributed by atoms with E-state index in [9.17, 15) is 14.7 Å². The number of ether oxygens (including phenoxy) is 2. The number of benzene rings is 1. The molecule has 0 aliphatic carbocycles. The highest BCUT2D eigenvalue weighted by molar-refractivity contribution is 9.10. The van der Waals surface area contributed by atoms with Crippen LogP contribution in [0.25, 0.3) is 5.76 Å². The molecule has 0 saturated carbocycles. The normalized spacial score (nSPS) is 18.1. The van der Waals surface area contributed by atoms with Gasteiger partial charge in [-0.3, -0.25) is 14.6 Å². The highest BCUT2D eigenvalue weighted by Gasteiger charge is 2.46. The number of Topliss-reactive ketones (excluding diaryl/α,β-unsaturated/α-hetero) is 1. The molecule has 0 bridgehead atoms. The maximum Gasteiger partial charge on any atom is 0.295 e. The van der Waals surface area contributed by atoms with Crippen molar-refractivity contribution in [1.82, 2.24) is 9.88 Å². The summed E-state index contributed by atoms with van der Waals surface area (Å²) in [7, 11) is 1.54. The Morgan fingerprint density at radius 1 is 1.26 bits per heavy atom. The van der Waals surface area contributed by atoms with E-state index in [1.807, 2.05) is 13.8 Å². The van der Waals surface area contributed by atoms with Crippen LogP contribution < -0.4 is 4.74 Å². The van der Waals surface area contributed by atoms with E-state index < -0.39 is 17.7 Å². The molecular weight excluding hydrogens is 464 g/mol. The number of likely N-dealkylation sites (tertiary alicyclic amines) is 1. The predicted molar refractivity (Wildman–Crippen MR) is 120 cm³/mol. The second-order valence-corrected chi connectivity index (χ2v) is 8.22. The molecule has 2 aromatic rings. The summed E-state index contributed by atoms with van der Waals surface area (Å²) >= 11 is 3.39. The van der Waals surface area contributed by atoms with Crippen molar-refractivity contribution in [1.29, 1.82) is 0 Å². The molecule has 1 unspecified atom stereocenters. The Hall–Kier alpha value is -2.71. The maximum atomic E-state index is 13.0. The van der Waals surface area contributed by atoms with Crippen LogP contribution in [0.15, 0.2) is 52.6 Å². The third-order valence-electron chi connectivity index (χ3n) is 4.93. The van der Waals surface area contributed by atoms with Crippen LogP contribution in [0.3, 0.4) is 0 Å². The van der Waals surface area contributed by atoms with Crippen molar-refractivity contribution in [2.45, 2.75) is 32.4 Å². The quantitative estimate of drug-likeness (QED) is 0.260. The zero-order valence-corrected chi connectivity index (χ0v) is 19.3. The topological polar surface area (TPSA) is 89.0 Å². The average molecular weight is 489 g/mol. The Morgan fingerprint density at radius 2 is 2.03 bits per heavy atom. The summed E-state index contributed by atoms with van der Waals surface area (Å²) in [5.74, 6) is -1.05. The van der Waals surface area contributed by atoms with Gasteiger partial charge in [0.25, 0.3) is 11.7 Å². The summed E-state index contributed by atoms with van der Waals surface area (Å²) in [6, 6.07) is 9.47. The van der Waals surface area contributed by atoms with Crippen molar-refractivity contribution < 1.29 is 24.2 Å². The SMILES string of the molecule is COc1ccc(/C(O)=C2/C(=O)C(=O)N(CCCOC(C)C)C2c2ccccn2)cc1Br. The molecule has 1 N–H and O–H groups in total. The largest absolute Gasteiger partial charge is 0.507 e. The minimum atomic E-state index is -0.777. The van der Waals surface area contributed by atoms with Gasteiger partial charge in [-0.15, -0.1) is 0 Å². The molecule has 31 heavy (non-hydrogen) atoms. The first kappa shape index (κ1) is 23.0. The van der Waals surface area contributed by atoms with Crippen LogP contribution in [0.5, 0.6) is 5.75 Å². The monoisotopic (exact) mass is 488 g/mol. The van der Waals surface area contributed by atoms with Crippen molar-refractivity contribution in [2.75, 3.05) is 20.3 Å². The Kier molecular flexibility index (Phi) is 7.46. The summed E-state index contributed by atoms with van der Waals surface area (Å²) in [5.41, 5.74) is 0.931. The fraction of sp³-hybridized carbons (Fsp3) is 0.348. The van der Waals surface area contributed by atoms with Crippen LogP contribution in [-0.2, 0) is 14.3 Å². The Bertz CT molecular complexity index is 991. The molecule has 7 nitrogen and oxygen atoms in total. The van der Waals surface area contributed by atoms with Gasteiger partial charge < -0.3 is 19.5 Å². The third kappa shape index (κ3) is 4.97. The smallest absolute Gasteiger partial charge is 0.295 e. The molecule has 1 saturated heterocycles. The molecule has 0 spiro atoms. The summed E-state index contributed by atoms with van der Waals surface area (Å²) in [4.78, 5) is 31.6. The maximum absolute atomic E-state index is 13.0. The second-order valence-electron chi connectivity index (χ2n) is 7.37. The molecule has 1 aliphatic rings. The van der Waals surface area contributed by atoms with Crippen LogP contribution in [-0.4, -0.2) is 53.0 Å². The first-order valence-corrected chi connectivity index (χ1v) is 10.8. The summed E-state index contributed by atoms with van der Waals surface area (Å²) in [6.07, 6.45) is 2.24. The van der Waals surface area contributed by atoms with Gasteiger partial charge in [-0.2, -0.15) is 0 Å². The van der Waals surface area contributed by atoms with Gasteiger partial charge in [0.1, 0.15) is 17.6 Å². The first-order chi connectivity index (χ1) is 14.8. The van der Waals surface area contributed by atoms with Crippen molar-refractivity contribution in [2.24, 2.45) is 0 Å². The molecule has 1 aromatic heterocycles. The summed E-state index contributed by atoms with van der Waals surface area (Å²) in [6.45, 7) is 4.64. The van der Waals surface area contributed by atoms with Crippen LogP contribution in [0.4, 0.5) is 0 Å². The van der Waals surface area contributed by atoms with Gasteiger partial charge in [0, 0.05) is 24.9 Å². The fourth-order valence-electron chi connectivity index (χ4n) is 3.48. The Labute approximate surface area is 189 Å². The lowest BCUT2D eigenvalue weighted by Gasteiger charge is -2.24.